The molecule has 1 heterocycles. The highest BCUT2D eigenvalue weighted by Crippen LogP contribution is 2.21. The minimum Gasteiger partial charge on any atom is -0.494 e. The first-order valence-electron chi connectivity index (χ1n) is 9.75. The van der Waals surface area contributed by atoms with Gasteiger partial charge in [0.2, 0.25) is 0 Å². The first-order valence-corrected chi connectivity index (χ1v) is 9.75. The van der Waals surface area contributed by atoms with Crippen molar-refractivity contribution < 1.29 is 37.7 Å². The Hall–Kier alpha value is -3.77. The number of hydrogen-bond acceptors (Lipinski definition) is 5. The average molecular weight is 474 g/mol. The molecule has 0 saturated heterocycles. The number of aromatic nitrogens is 1. The molecule has 0 fully saturated rings. The second-order valence-electron chi connectivity index (χ2n) is 6.71. The van der Waals surface area contributed by atoms with Gasteiger partial charge in [-0.1, -0.05) is 0 Å². The van der Waals surface area contributed by atoms with E-state index in [1.54, 1.807) is 16.7 Å². The van der Waals surface area contributed by atoms with Crippen LogP contribution in [0.3, 0.4) is 0 Å². The number of ether oxygens (including phenoxy) is 1. The lowest BCUT2D eigenvalue weighted by Gasteiger charge is -2.13. The van der Waals surface area contributed by atoms with E-state index in [0.717, 1.165) is 23.7 Å². The smallest absolute Gasteiger partial charge is 0.490 e. The van der Waals surface area contributed by atoms with Crippen molar-refractivity contribution in [2.24, 2.45) is 5.73 Å². The van der Waals surface area contributed by atoms with Gasteiger partial charge in [0.1, 0.15) is 5.75 Å². The standard InChI is InChI=1S/C18H24N4O4.C2HF3O2/c1-2-22-15-11-14(26-8-4-3-7-21-18(19)20)6-5-12(15)9-13(17(22)25)10-16(23)24;3-2(4,5)1(6)7/h5-6,9,11H,2-4,7-8,10H2,1H3,(H,23,24)(H4,19,20,21);(H,6,7). The highest BCUT2D eigenvalue weighted by molar-refractivity contribution is 5.82. The summed E-state index contributed by atoms with van der Waals surface area (Å²) in [5.74, 6) is -3.17. The van der Waals surface area contributed by atoms with Gasteiger partial charge >= 0.3 is 18.1 Å². The van der Waals surface area contributed by atoms with Crippen molar-refractivity contribution in [2.45, 2.75) is 38.9 Å². The number of nitrogens with one attached hydrogen (secondary N) is 2. The number of alkyl halides is 3. The highest BCUT2D eigenvalue weighted by atomic mass is 19.4. The van der Waals surface area contributed by atoms with Gasteiger partial charge < -0.3 is 30.6 Å². The number of carboxylic acid groups (broad SMARTS) is 2. The fourth-order valence-corrected chi connectivity index (χ4v) is 2.74. The van der Waals surface area contributed by atoms with Crippen molar-refractivity contribution in [3.63, 3.8) is 0 Å². The van der Waals surface area contributed by atoms with Gasteiger partial charge in [0.05, 0.1) is 18.5 Å². The predicted octanol–water partition coefficient (Wildman–Crippen LogP) is 1.92. The number of nitrogens with two attached hydrogens (primary N) is 1. The maximum absolute atomic E-state index is 12.5. The summed E-state index contributed by atoms with van der Waals surface area (Å²) in [4.78, 5) is 32.3. The lowest BCUT2D eigenvalue weighted by molar-refractivity contribution is -0.192. The van der Waals surface area contributed by atoms with Crippen LogP contribution < -0.4 is 21.3 Å². The Balaban J connectivity index is 0.000000675. The average Bonchev–Trinajstić information content (AvgIpc) is 2.70. The number of carboxylic acids is 2. The molecule has 0 radical (unpaired) electrons. The van der Waals surface area contributed by atoms with E-state index in [4.69, 9.17) is 30.9 Å². The Labute approximate surface area is 186 Å². The maximum Gasteiger partial charge on any atom is 0.490 e. The fourth-order valence-electron chi connectivity index (χ4n) is 2.74. The quantitative estimate of drug-likeness (QED) is 0.209. The lowest BCUT2D eigenvalue weighted by Crippen LogP contribution is -2.31. The van der Waals surface area contributed by atoms with E-state index in [1.165, 1.54) is 0 Å². The molecule has 0 saturated carbocycles. The minimum absolute atomic E-state index is 0.0414. The van der Waals surface area contributed by atoms with Crippen LogP contribution in [-0.2, 0) is 22.6 Å². The molecule has 0 amide bonds. The molecule has 1 aromatic heterocycles. The van der Waals surface area contributed by atoms with Crippen LogP contribution in [0.15, 0.2) is 29.1 Å². The third-order valence-corrected chi connectivity index (χ3v) is 4.20. The zero-order chi connectivity index (χ0) is 25.2. The van der Waals surface area contributed by atoms with Crippen LogP contribution in [0.4, 0.5) is 13.2 Å². The zero-order valence-corrected chi connectivity index (χ0v) is 17.7. The molecular weight excluding hydrogens is 449 g/mol. The van der Waals surface area contributed by atoms with Gasteiger partial charge in [-0.3, -0.25) is 15.0 Å². The maximum atomic E-state index is 12.5. The molecule has 13 heteroatoms. The highest BCUT2D eigenvalue weighted by Gasteiger charge is 2.38. The number of hydrogen-bond donors (Lipinski definition) is 5. The molecule has 0 spiro atoms. The lowest BCUT2D eigenvalue weighted by atomic mass is 10.1. The topological polar surface area (TPSA) is 168 Å². The second-order valence-corrected chi connectivity index (χ2v) is 6.71. The summed E-state index contributed by atoms with van der Waals surface area (Å²) in [7, 11) is 0. The zero-order valence-electron chi connectivity index (χ0n) is 17.7. The number of benzene rings is 1. The number of unbranched alkanes of at least 4 members (excludes halogenated alkanes) is 1. The third-order valence-electron chi connectivity index (χ3n) is 4.20. The van der Waals surface area contributed by atoms with Gasteiger partial charge in [-0.15, -0.1) is 0 Å². The van der Waals surface area contributed by atoms with Gasteiger partial charge in [-0.05, 0) is 43.4 Å². The van der Waals surface area contributed by atoms with Crippen molar-refractivity contribution in [3.05, 3.63) is 40.2 Å². The van der Waals surface area contributed by atoms with Crippen LogP contribution in [0.1, 0.15) is 25.3 Å². The van der Waals surface area contributed by atoms with Crippen LogP contribution in [0, 0.1) is 5.41 Å². The molecule has 0 unspecified atom stereocenters. The summed E-state index contributed by atoms with van der Waals surface area (Å²) in [6, 6.07) is 7.08. The van der Waals surface area contributed by atoms with Crippen LogP contribution in [0.2, 0.25) is 0 Å². The Morgan fingerprint density at radius 1 is 1.21 bits per heavy atom. The van der Waals surface area contributed by atoms with E-state index in [-0.39, 0.29) is 23.5 Å². The summed E-state index contributed by atoms with van der Waals surface area (Å²) in [5.41, 5.74) is 5.93. The van der Waals surface area contributed by atoms with E-state index in [0.29, 0.717) is 25.4 Å². The number of aliphatic carboxylic acids is 2. The molecule has 0 aliphatic rings. The summed E-state index contributed by atoms with van der Waals surface area (Å²) in [6.45, 7) is 3.43. The second kappa shape index (κ2) is 12.3. The Morgan fingerprint density at radius 3 is 2.36 bits per heavy atom. The molecule has 0 bridgehead atoms. The monoisotopic (exact) mass is 474 g/mol. The van der Waals surface area contributed by atoms with Gasteiger partial charge in [0, 0.05) is 24.7 Å². The third kappa shape index (κ3) is 9.09. The number of fused-ring (bicyclic) bond motifs is 1. The normalized spacial score (nSPS) is 10.8. The molecular formula is C20H25F3N4O6. The van der Waals surface area contributed by atoms with Gasteiger partial charge in [-0.2, -0.15) is 13.2 Å². The van der Waals surface area contributed by atoms with Crippen molar-refractivity contribution >= 4 is 28.8 Å². The summed E-state index contributed by atoms with van der Waals surface area (Å²) < 4.78 is 39.0. The number of rotatable bonds is 9. The molecule has 10 nitrogen and oxygen atoms in total. The molecule has 0 aliphatic carbocycles. The molecule has 182 valence electrons. The van der Waals surface area contributed by atoms with Crippen molar-refractivity contribution in [1.82, 2.24) is 9.88 Å². The van der Waals surface area contributed by atoms with E-state index < -0.39 is 18.1 Å². The van der Waals surface area contributed by atoms with Crippen molar-refractivity contribution in [3.8, 4) is 5.75 Å². The number of pyridine rings is 1. The first-order chi connectivity index (χ1) is 15.4. The van der Waals surface area contributed by atoms with E-state index in [1.807, 2.05) is 19.1 Å². The molecule has 2 rings (SSSR count). The Bertz CT molecular complexity index is 1050. The van der Waals surface area contributed by atoms with Crippen LogP contribution in [0.5, 0.6) is 5.75 Å². The fraction of sp³-hybridized carbons (Fsp3) is 0.400. The van der Waals surface area contributed by atoms with E-state index in [2.05, 4.69) is 5.32 Å². The number of halogens is 3. The van der Waals surface area contributed by atoms with Gasteiger partial charge in [0.25, 0.3) is 5.56 Å². The van der Waals surface area contributed by atoms with Gasteiger partial charge in [0.15, 0.2) is 5.96 Å². The molecule has 0 atom stereocenters. The molecule has 1 aromatic carbocycles. The van der Waals surface area contributed by atoms with Crippen LogP contribution in [0.25, 0.3) is 10.9 Å². The number of guanidine groups is 1. The number of aryl methyl sites for hydroxylation is 1. The predicted molar refractivity (Wildman–Crippen MR) is 114 cm³/mol. The van der Waals surface area contributed by atoms with E-state index >= 15 is 0 Å². The summed E-state index contributed by atoms with van der Waals surface area (Å²) >= 11 is 0. The van der Waals surface area contributed by atoms with E-state index in [9.17, 15) is 22.8 Å². The summed E-state index contributed by atoms with van der Waals surface area (Å²) in [6.07, 6.45) is -3.75. The van der Waals surface area contributed by atoms with Crippen molar-refractivity contribution in [2.75, 3.05) is 13.2 Å². The number of carbonyl (C=O) groups is 2. The Kier molecular flexibility index (Phi) is 10.2. The van der Waals surface area contributed by atoms with Crippen LogP contribution >= 0.6 is 0 Å². The minimum atomic E-state index is -5.08. The molecule has 6 N–H and O–H groups in total. The van der Waals surface area contributed by atoms with Crippen LogP contribution in [-0.4, -0.2) is 52.0 Å². The molecule has 33 heavy (non-hydrogen) atoms. The molecule has 0 aliphatic heterocycles. The molecule has 2 aromatic rings. The Morgan fingerprint density at radius 2 is 1.85 bits per heavy atom. The first kappa shape index (κ1) is 27.3. The summed E-state index contributed by atoms with van der Waals surface area (Å²) in [5, 5.41) is 26.7. The SMILES string of the molecule is CCn1c(=O)c(CC(=O)O)cc2ccc(OCCCCNC(=N)N)cc21.O=C(O)C(F)(F)F. The largest absolute Gasteiger partial charge is 0.494 e. The number of nitrogens with zero attached hydrogens (tertiary/aromatic N) is 1. The van der Waals surface area contributed by atoms with Crippen molar-refractivity contribution in [1.29, 1.82) is 5.41 Å². The van der Waals surface area contributed by atoms with Gasteiger partial charge in [-0.25, -0.2) is 4.79 Å².